The number of pyridine rings is 1. The summed E-state index contributed by atoms with van der Waals surface area (Å²) in [6.07, 6.45) is 0. The van der Waals surface area contributed by atoms with Crippen LogP contribution >= 0.6 is 15.9 Å². The number of phenols is 1. The minimum atomic E-state index is -0.138. The van der Waals surface area contributed by atoms with Gasteiger partial charge < -0.3 is 10.1 Å². The summed E-state index contributed by atoms with van der Waals surface area (Å²) in [5.41, 5.74) is 0.619. The van der Waals surface area contributed by atoms with Crippen molar-refractivity contribution in [1.29, 1.82) is 0 Å². The average Bonchev–Trinajstić information content (AvgIpc) is 2.14. The van der Waals surface area contributed by atoms with E-state index in [0.29, 0.717) is 5.39 Å². The van der Waals surface area contributed by atoms with E-state index in [9.17, 15) is 9.90 Å². The maximum absolute atomic E-state index is 11.5. The summed E-state index contributed by atoms with van der Waals surface area (Å²) in [7, 11) is 0. The Morgan fingerprint density at radius 2 is 2.07 bits per heavy atom. The molecule has 0 spiro atoms. The number of H-pyrrole nitrogens is 1. The number of nitrogens with one attached hydrogen (secondary N) is 1. The smallest absolute Gasteiger partial charge is 0.256 e. The predicted molar refractivity (Wildman–Crippen MR) is 58.7 cm³/mol. The van der Waals surface area contributed by atoms with Gasteiger partial charge in [0.1, 0.15) is 5.75 Å². The van der Waals surface area contributed by atoms with Gasteiger partial charge in [0.25, 0.3) is 5.56 Å². The van der Waals surface area contributed by atoms with Gasteiger partial charge >= 0.3 is 0 Å². The highest BCUT2D eigenvalue weighted by atomic mass is 79.9. The number of aromatic amines is 1. The first kappa shape index (κ1) is 9.27. The monoisotopic (exact) mass is 253 g/mol. The van der Waals surface area contributed by atoms with E-state index in [0.717, 1.165) is 15.6 Å². The predicted octanol–water partition coefficient (Wildman–Crippen LogP) is 2.30. The third-order valence-electron chi connectivity index (χ3n) is 2.11. The van der Waals surface area contributed by atoms with Crippen LogP contribution in [0.3, 0.4) is 0 Å². The molecule has 0 amide bonds. The van der Waals surface area contributed by atoms with Gasteiger partial charge in [-0.3, -0.25) is 4.79 Å². The van der Waals surface area contributed by atoms with E-state index >= 15 is 0 Å². The second-order valence-electron chi connectivity index (χ2n) is 3.12. The molecule has 0 aliphatic carbocycles. The molecular weight excluding hydrogens is 246 g/mol. The van der Waals surface area contributed by atoms with E-state index < -0.39 is 0 Å². The highest BCUT2D eigenvalue weighted by Crippen LogP contribution is 2.26. The molecule has 3 nitrogen and oxygen atoms in total. The van der Waals surface area contributed by atoms with Crippen LogP contribution in [-0.4, -0.2) is 10.1 Å². The minimum Gasteiger partial charge on any atom is -0.508 e. The molecule has 0 saturated carbocycles. The summed E-state index contributed by atoms with van der Waals surface area (Å²) in [5, 5.41) is 10.6. The van der Waals surface area contributed by atoms with Crippen molar-refractivity contribution in [2.75, 3.05) is 0 Å². The Kier molecular flexibility index (Phi) is 2.07. The summed E-state index contributed by atoms with van der Waals surface area (Å²) in [5.74, 6) is 0.156. The lowest BCUT2D eigenvalue weighted by atomic mass is 10.1. The lowest BCUT2D eigenvalue weighted by molar-refractivity contribution is 0.476. The normalized spacial score (nSPS) is 10.7. The molecule has 0 bridgehead atoms. The molecule has 2 N–H and O–H groups in total. The molecule has 1 aromatic carbocycles. The van der Waals surface area contributed by atoms with Gasteiger partial charge in [-0.15, -0.1) is 0 Å². The fourth-order valence-corrected chi connectivity index (χ4v) is 1.83. The first-order chi connectivity index (χ1) is 6.59. The van der Waals surface area contributed by atoms with Gasteiger partial charge in [-0.2, -0.15) is 0 Å². The molecular formula is C10H8BrNO2. The number of halogens is 1. The fraction of sp³-hybridized carbons (Fsp3) is 0.100. The molecule has 2 aromatic rings. The Labute approximate surface area is 88.5 Å². The highest BCUT2D eigenvalue weighted by molar-refractivity contribution is 9.10. The quantitative estimate of drug-likeness (QED) is 0.757. The first-order valence-corrected chi connectivity index (χ1v) is 4.90. The van der Waals surface area contributed by atoms with Crippen molar-refractivity contribution >= 4 is 26.7 Å². The molecule has 0 radical (unpaired) electrons. The second-order valence-corrected chi connectivity index (χ2v) is 3.92. The Hall–Kier alpha value is -1.29. The lowest BCUT2D eigenvalue weighted by Crippen LogP contribution is -2.08. The molecule has 0 aliphatic rings. The molecule has 0 unspecified atom stereocenters. The molecule has 14 heavy (non-hydrogen) atoms. The van der Waals surface area contributed by atoms with E-state index in [2.05, 4.69) is 20.9 Å². The molecule has 72 valence electrons. The zero-order valence-corrected chi connectivity index (χ0v) is 9.05. The van der Waals surface area contributed by atoms with Crippen LogP contribution in [0, 0.1) is 6.92 Å². The number of fused-ring (bicyclic) bond motifs is 1. The number of hydrogen-bond donors (Lipinski definition) is 2. The average molecular weight is 254 g/mol. The number of aryl methyl sites for hydroxylation is 1. The van der Waals surface area contributed by atoms with Crippen LogP contribution in [0.25, 0.3) is 10.8 Å². The molecule has 0 aliphatic heterocycles. The van der Waals surface area contributed by atoms with Gasteiger partial charge in [-0.05, 0) is 41.1 Å². The van der Waals surface area contributed by atoms with Gasteiger partial charge in [0.05, 0.1) is 0 Å². The Bertz CT molecular complexity index is 560. The number of aromatic nitrogens is 1. The molecule has 0 saturated heterocycles. The van der Waals surface area contributed by atoms with Crippen molar-refractivity contribution in [2.45, 2.75) is 6.92 Å². The molecule has 0 fully saturated rings. The van der Waals surface area contributed by atoms with Gasteiger partial charge in [-0.25, -0.2) is 0 Å². The Morgan fingerprint density at radius 3 is 2.79 bits per heavy atom. The highest BCUT2D eigenvalue weighted by Gasteiger charge is 2.06. The molecule has 1 aromatic heterocycles. The van der Waals surface area contributed by atoms with E-state index in [1.807, 2.05) is 0 Å². The summed E-state index contributed by atoms with van der Waals surface area (Å²) >= 11 is 3.37. The van der Waals surface area contributed by atoms with Crippen LogP contribution < -0.4 is 5.56 Å². The summed E-state index contributed by atoms with van der Waals surface area (Å²) < 4.78 is 0.808. The SMILES string of the molecule is Cc1[nH]c(=O)c2ccc(O)cc2c1Br. The van der Waals surface area contributed by atoms with Crippen LogP contribution in [0.5, 0.6) is 5.75 Å². The van der Waals surface area contributed by atoms with Crippen molar-refractivity contribution in [2.24, 2.45) is 0 Å². The van der Waals surface area contributed by atoms with Gasteiger partial charge in [-0.1, -0.05) is 0 Å². The Morgan fingerprint density at radius 1 is 1.36 bits per heavy atom. The third kappa shape index (κ3) is 1.32. The summed E-state index contributed by atoms with van der Waals surface area (Å²) in [4.78, 5) is 14.2. The molecule has 0 atom stereocenters. The number of phenolic OH excluding ortho intramolecular Hbond substituents is 1. The first-order valence-electron chi connectivity index (χ1n) is 4.10. The van der Waals surface area contributed by atoms with Gasteiger partial charge in [0.15, 0.2) is 0 Å². The van der Waals surface area contributed by atoms with Crippen LogP contribution in [0.1, 0.15) is 5.69 Å². The largest absolute Gasteiger partial charge is 0.508 e. The van der Waals surface area contributed by atoms with Crippen molar-refractivity contribution < 1.29 is 5.11 Å². The third-order valence-corrected chi connectivity index (χ3v) is 3.14. The van der Waals surface area contributed by atoms with Crippen LogP contribution in [0.2, 0.25) is 0 Å². The Balaban J connectivity index is 3.03. The zero-order valence-electron chi connectivity index (χ0n) is 7.47. The molecule has 4 heteroatoms. The minimum absolute atomic E-state index is 0.138. The van der Waals surface area contributed by atoms with Crippen molar-refractivity contribution in [3.8, 4) is 5.75 Å². The van der Waals surface area contributed by atoms with E-state index in [1.165, 1.54) is 6.07 Å². The van der Waals surface area contributed by atoms with Crippen molar-refractivity contribution in [3.05, 3.63) is 38.7 Å². The number of aromatic hydroxyl groups is 1. The van der Waals surface area contributed by atoms with Crippen LogP contribution in [-0.2, 0) is 0 Å². The fourth-order valence-electron chi connectivity index (χ4n) is 1.41. The second kappa shape index (κ2) is 3.13. The van der Waals surface area contributed by atoms with Crippen LogP contribution in [0.15, 0.2) is 27.5 Å². The number of benzene rings is 1. The summed E-state index contributed by atoms with van der Waals surface area (Å²) in [6, 6.07) is 4.68. The molecule has 1 heterocycles. The van der Waals surface area contributed by atoms with Gasteiger partial charge in [0, 0.05) is 20.9 Å². The van der Waals surface area contributed by atoms with Crippen LogP contribution in [0.4, 0.5) is 0 Å². The number of rotatable bonds is 0. The van der Waals surface area contributed by atoms with Crippen molar-refractivity contribution in [3.63, 3.8) is 0 Å². The standard InChI is InChI=1S/C10H8BrNO2/c1-5-9(11)8-4-6(13)2-3-7(8)10(14)12-5/h2-4,13H,1H3,(H,12,14). The van der Waals surface area contributed by atoms with E-state index in [1.54, 1.807) is 19.1 Å². The maximum Gasteiger partial charge on any atom is 0.256 e. The van der Waals surface area contributed by atoms with E-state index in [4.69, 9.17) is 0 Å². The van der Waals surface area contributed by atoms with E-state index in [-0.39, 0.29) is 11.3 Å². The molecule has 2 rings (SSSR count). The lowest BCUT2D eigenvalue weighted by Gasteiger charge is -2.03. The number of hydrogen-bond acceptors (Lipinski definition) is 2. The van der Waals surface area contributed by atoms with Gasteiger partial charge in [0.2, 0.25) is 0 Å². The zero-order chi connectivity index (χ0) is 10.3. The topological polar surface area (TPSA) is 53.1 Å². The summed E-state index contributed by atoms with van der Waals surface area (Å²) in [6.45, 7) is 1.80. The maximum atomic E-state index is 11.5. The van der Waals surface area contributed by atoms with Crippen molar-refractivity contribution in [1.82, 2.24) is 4.98 Å².